The molecule has 0 radical (unpaired) electrons. The van der Waals surface area contributed by atoms with Crippen LogP contribution in [0, 0.1) is 0 Å². The van der Waals surface area contributed by atoms with Crippen LogP contribution in [0.25, 0.3) is 10.2 Å². The Morgan fingerprint density at radius 1 is 1.21 bits per heavy atom. The van der Waals surface area contributed by atoms with Gasteiger partial charge in [-0.3, -0.25) is 10.1 Å². The Balaban J connectivity index is 1.53. The molecule has 1 aliphatic heterocycles. The van der Waals surface area contributed by atoms with E-state index in [1.54, 1.807) is 30.3 Å². The molecule has 1 aromatic heterocycles. The molecule has 4 rings (SSSR count). The van der Waals surface area contributed by atoms with Crippen LogP contribution in [-0.4, -0.2) is 50.4 Å². The minimum atomic E-state index is -3.54. The lowest BCUT2D eigenvalue weighted by Gasteiger charge is -2.25. The van der Waals surface area contributed by atoms with E-state index in [4.69, 9.17) is 9.47 Å². The van der Waals surface area contributed by atoms with Gasteiger partial charge in [0.2, 0.25) is 16.1 Å². The van der Waals surface area contributed by atoms with Crippen LogP contribution < -0.4 is 14.8 Å². The van der Waals surface area contributed by atoms with E-state index in [-0.39, 0.29) is 17.4 Å². The average Bonchev–Trinajstić information content (AvgIpc) is 3.08. The smallest absolute Gasteiger partial charge is 0.270 e. The lowest BCUT2D eigenvalue weighted by Crippen LogP contribution is -2.40. The maximum Gasteiger partial charge on any atom is 0.270 e. The number of carbonyl (C=O) groups excluding carboxylic acids is 1. The van der Waals surface area contributed by atoms with E-state index in [1.807, 2.05) is 6.07 Å². The van der Waals surface area contributed by atoms with E-state index in [1.165, 1.54) is 31.5 Å². The number of nitrogens with one attached hydrogen (secondary N) is 1. The predicted molar refractivity (Wildman–Crippen MR) is 105 cm³/mol. The van der Waals surface area contributed by atoms with Crippen molar-refractivity contribution in [3.8, 4) is 11.5 Å². The summed E-state index contributed by atoms with van der Waals surface area (Å²) in [6.07, 6.45) is -0.799. The van der Waals surface area contributed by atoms with Gasteiger partial charge in [0.1, 0.15) is 6.61 Å². The molecule has 8 nitrogen and oxygen atoms in total. The first-order valence-corrected chi connectivity index (χ1v) is 10.6. The zero-order chi connectivity index (χ0) is 19.9. The van der Waals surface area contributed by atoms with Gasteiger partial charge in [-0.15, -0.1) is 0 Å². The van der Waals surface area contributed by atoms with Gasteiger partial charge in [0, 0.05) is 14.1 Å². The number of para-hydroxylation sites is 2. The third-order valence-electron chi connectivity index (χ3n) is 4.17. The van der Waals surface area contributed by atoms with Crippen molar-refractivity contribution >= 4 is 42.6 Å². The largest absolute Gasteiger partial charge is 0.485 e. The van der Waals surface area contributed by atoms with Crippen LogP contribution in [0.3, 0.4) is 0 Å². The molecule has 3 aromatic rings. The van der Waals surface area contributed by atoms with Gasteiger partial charge in [-0.25, -0.2) is 17.7 Å². The standard InChI is InChI=1S/C18H17N3O5S2/c1-21(2)28(23,24)11-7-8-12-16(9-11)27-18(19-12)20-17(22)15-10-25-13-5-3-4-6-14(13)26-15/h3-9,15H,10H2,1-2H3,(H,19,20,22)/t15-/m1/s1. The van der Waals surface area contributed by atoms with Crippen molar-refractivity contribution in [2.75, 3.05) is 26.0 Å². The third-order valence-corrected chi connectivity index (χ3v) is 6.91. The van der Waals surface area contributed by atoms with Crippen molar-refractivity contribution in [1.29, 1.82) is 0 Å². The van der Waals surface area contributed by atoms with Crippen molar-refractivity contribution in [1.82, 2.24) is 9.29 Å². The number of anilines is 1. The highest BCUT2D eigenvalue weighted by Gasteiger charge is 2.28. The molecule has 0 bridgehead atoms. The summed E-state index contributed by atoms with van der Waals surface area (Å²) >= 11 is 1.19. The fraction of sp³-hybridized carbons (Fsp3) is 0.222. The number of nitrogens with zero attached hydrogens (tertiary/aromatic N) is 2. The summed E-state index contributed by atoms with van der Waals surface area (Å²) in [4.78, 5) is 17.0. The zero-order valence-electron chi connectivity index (χ0n) is 15.1. The number of ether oxygens (including phenoxy) is 2. The lowest BCUT2D eigenvalue weighted by atomic mass is 10.2. The molecule has 1 aliphatic rings. The van der Waals surface area contributed by atoms with Crippen molar-refractivity contribution < 1.29 is 22.7 Å². The molecule has 0 spiro atoms. The van der Waals surface area contributed by atoms with E-state index in [0.29, 0.717) is 26.8 Å². The van der Waals surface area contributed by atoms with E-state index in [0.717, 1.165) is 4.31 Å². The molecular weight excluding hydrogens is 402 g/mol. The van der Waals surface area contributed by atoms with Gasteiger partial charge in [-0.1, -0.05) is 23.5 Å². The molecule has 0 fully saturated rings. The third kappa shape index (κ3) is 3.41. The second-order valence-electron chi connectivity index (χ2n) is 6.29. The van der Waals surface area contributed by atoms with Crippen LogP contribution in [-0.2, 0) is 14.8 Å². The molecule has 146 valence electrons. The summed E-state index contributed by atoms with van der Waals surface area (Å²) in [7, 11) is -0.590. The molecule has 0 saturated heterocycles. The average molecular weight is 419 g/mol. The molecule has 1 atom stereocenters. The number of fused-ring (bicyclic) bond motifs is 2. The Kier molecular flexibility index (Phi) is 4.69. The predicted octanol–water partition coefficient (Wildman–Crippen LogP) is 2.33. The number of thiazole rings is 1. The lowest BCUT2D eigenvalue weighted by molar-refractivity contribution is -0.125. The first-order chi connectivity index (χ1) is 13.3. The number of carbonyl (C=O) groups is 1. The normalized spacial score (nSPS) is 16.3. The summed E-state index contributed by atoms with van der Waals surface area (Å²) in [5.74, 6) is 0.729. The number of hydrogen-bond acceptors (Lipinski definition) is 7. The molecule has 1 N–H and O–H groups in total. The van der Waals surface area contributed by atoms with E-state index >= 15 is 0 Å². The highest BCUT2D eigenvalue weighted by molar-refractivity contribution is 7.89. The summed E-state index contributed by atoms with van der Waals surface area (Å²) in [5, 5.41) is 3.08. The molecule has 28 heavy (non-hydrogen) atoms. The van der Waals surface area contributed by atoms with Crippen LogP contribution >= 0.6 is 11.3 Å². The van der Waals surface area contributed by atoms with Crippen LogP contribution in [0.4, 0.5) is 5.13 Å². The van der Waals surface area contributed by atoms with Gasteiger partial charge in [0.05, 0.1) is 15.1 Å². The quantitative estimate of drug-likeness (QED) is 0.697. The molecule has 0 aliphatic carbocycles. The summed E-state index contributed by atoms with van der Waals surface area (Å²) in [6.45, 7) is 0.0962. The van der Waals surface area contributed by atoms with Crippen LogP contribution in [0.2, 0.25) is 0 Å². The number of sulfonamides is 1. The number of rotatable bonds is 4. The van der Waals surface area contributed by atoms with Gasteiger partial charge in [0.15, 0.2) is 16.6 Å². The van der Waals surface area contributed by atoms with Crippen LogP contribution in [0.1, 0.15) is 0 Å². The van der Waals surface area contributed by atoms with Gasteiger partial charge >= 0.3 is 0 Å². The van der Waals surface area contributed by atoms with Gasteiger partial charge < -0.3 is 9.47 Å². The fourth-order valence-corrected chi connectivity index (χ4v) is 4.58. The summed E-state index contributed by atoms with van der Waals surface area (Å²) in [6, 6.07) is 11.8. The molecule has 1 amide bonds. The van der Waals surface area contributed by atoms with E-state index in [9.17, 15) is 13.2 Å². The number of benzene rings is 2. The van der Waals surface area contributed by atoms with E-state index in [2.05, 4.69) is 10.3 Å². The highest BCUT2D eigenvalue weighted by atomic mass is 32.2. The van der Waals surface area contributed by atoms with Crippen molar-refractivity contribution in [2.24, 2.45) is 0 Å². The summed E-state index contributed by atoms with van der Waals surface area (Å²) < 4.78 is 37.6. The minimum Gasteiger partial charge on any atom is -0.485 e. The number of aromatic nitrogens is 1. The van der Waals surface area contributed by atoms with Crippen LogP contribution in [0.15, 0.2) is 47.4 Å². The Bertz CT molecular complexity index is 1160. The van der Waals surface area contributed by atoms with Gasteiger partial charge in [0.25, 0.3) is 5.91 Å². The molecular formula is C18H17N3O5S2. The molecule has 0 saturated carbocycles. The second-order valence-corrected chi connectivity index (χ2v) is 9.47. The second kappa shape index (κ2) is 7.04. The molecule has 2 aromatic carbocycles. The Morgan fingerprint density at radius 3 is 2.71 bits per heavy atom. The van der Waals surface area contributed by atoms with Crippen LogP contribution in [0.5, 0.6) is 11.5 Å². The first-order valence-electron chi connectivity index (χ1n) is 8.37. The topological polar surface area (TPSA) is 97.8 Å². The molecule has 2 heterocycles. The fourth-order valence-electron chi connectivity index (χ4n) is 2.66. The monoisotopic (exact) mass is 419 g/mol. The Labute approximate surface area is 165 Å². The van der Waals surface area contributed by atoms with Crippen molar-refractivity contribution in [3.63, 3.8) is 0 Å². The summed E-state index contributed by atoms with van der Waals surface area (Å²) in [5.41, 5.74) is 0.601. The van der Waals surface area contributed by atoms with E-state index < -0.39 is 16.1 Å². The maximum absolute atomic E-state index is 12.5. The SMILES string of the molecule is CN(C)S(=O)(=O)c1ccc2nc(NC(=O)[C@H]3COc4ccccc4O3)sc2c1. The van der Waals surface area contributed by atoms with Gasteiger partial charge in [-0.05, 0) is 30.3 Å². The number of amides is 1. The molecule has 0 unspecified atom stereocenters. The minimum absolute atomic E-state index is 0.0962. The molecule has 10 heteroatoms. The Hall–Kier alpha value is -2.69. The van der Waals surface area contributed by atoms with Crippen molar-refractivity contribution in [2.45, 2.75) is 11.0 Å². The number of hydrogen-bond donors (Lipinski definition) is 1. The highest BCUT2D eigenvalue weighted by Crippen LogP contribution is 2.32. The van der Waals surface area contributed by atoms with Crippen molar-refractivity contribution in [3.05, 3.63) is 42.5 Å². The maximum atomic E-state index is 12.5. The van der Waals surface area contributed by atoms with Gasteiger partial charge in [-0.2, -0.15) is 0 Å². The Morgan fingerprint density at radius 2 is 1.96 bits per heavy atom. The zero-order valence-corrected chi connectivity index (χ0v) is 16.7. The first kappa shape index (κ1) is 18.7.